The van der Waals surface area contributed by atoms with Crippen molar-refractivity contribution in [3.63, 3.8) is 0 Å². The van der Waals surface area contributed by atoms with Crippen LogP contribution in [0.4, 0.5) is 0 Å². The molecular weight excluding hydrogens is 372 g/mol. The van der Waals surface area contributed by atoms with Crippen molar-refractivity contribution in [2.45, 2.75) is 37.2 Å². The van der Waals surface area contributed by atoms with Crippen molar-refractivity contribution in [2.24, 2.45) is 0 Å². The Morgan fingerprint density at radius 2 is 1.77 bits per heavy atom. The van der Waals surface area contributed by atoms with Crippen molar-refractivity contribution < 1.29 is 4.42 Å². The number of rotatable bonds is 6. The van der Waals surface area contributed by atoms with Crippen molar-refractivity contribution >= 4 is 23.4 Å². The van der Waals surface area contributed by atoms with Crippen LogP contribution in [0.2, 0.25) is 5.02 Å². The Hall–Kier alpha value is -1.90. The zero-order chi connectivity index (χ0) is 18.8. The second-order valence-corrected chi connectivity index (χ2v) is 7.96. The van der Waals surface area contributed by atoms with E-state index in [0.717, 1.165) is 16.7 Å². The van der Waals surface area contributed by atoms with Crippen LogP contribution in [0.3, 0.4) is 0 Å². The molecule has 0 N–H and O–H groups in total. The van der Waals surface area contributed by atoms with E-state index in [1.807, 2.05) is 49.9 Å². The highest BCUT2D eigenvalue weighted by molar-refractivity contribution is 7.99. The van der Waals surface area contributed by atoms with Gasteiger partial charge in [0.25, 0.3) is 0 Å². The summed E-state index contributed by atoms with van der Waals surface area (Å²) in [6.45, 7) is 5.88. The highest BCUT2D eigenvalue weighted by Crippen LogP contribution is 2.36. The largest absolute Gasteiger partial charge is 0.424 e. The molecule has 0 spiro atoms. The van der Waals surface area contributed by atoms with E-state index in [0.29, 0.717) is 16.8 Å². The summed E-state index contributed by atoms with van der Waals surface area (Å²) in [4.78, 5) is 2.09. The highest BCUT2D eigenvalue weighted by atomic mass is 35.5. The second-order valence-electron chi connectivity index (χ2n) is 6.21. The molecule has 26 heavy (non-hydrogen) atoms. The Labute approximate surface area is 161 Å². The summed E-state index contributed by atoms with van der Waals surface area (Å²) in [7, 11) is 4.03. The molecule has 3 rings (SSSR count). The van der Waals surface area contributed by atoms with Gasteiger partial charge in [-0.3, -0.25) is 9.47 Å². The summed E-state index contributed by atoms with van der Waals surface area (Å²) in [5.41, 5.74) is 0.958. The molecule has 3 aromatic rings. The SMILES string of the molecule is Cc1nnc([C@H](C)Sc2nnc([C@H](C)N(C)C)n2-c2ccc(Cl)cc2)o1. The highest BCUT2D eigenvalue weighted by Gasteiger charge is 2.24. The quantitative estimate of drug-likeness (QED) is 0.585. The van der Waals surface area contributed by atoms with E-state index in [9.17, 15) is 0 Å². The molecule has 0 fully saturated rings. The molecule has 0 saturated carbocycles. The van der Waals surface area contributed by atoms with E-state index in [-0.39, 0.29) is 11.3 Å². The van der Waals surface area contributed by atoms with E-state index >= 15 is 0 Å². The Kier molecular flexibility index (Phi) is 5.64. The second kappa shape index (κ2) is 7.77. The van der Waals surface area contributed by atoms with Crippen LogP contribution in [0.1, 0.15) is 42.7 Å². The summed E-state index contributed by atoms with van der Waals surface area (Å²) >= 11 is 7.58. The van der Waals surface area contributed by atoms with Crippen LogP contribution in [0.25, 0.3) is 5.69 Å². The third kappa shape index (κ3) is 3.92. The number of hydrogen-bond acceptors (Lipinski definition) is 7. The fourth-order valence-electron chi connectivity index (χ4n) is 2.38. The third-order valence-corrected chi connectivity index (χ3v) is 5.35. The fourth-order valence-corrected chi connectivity index (χ4v) is 3.41. The predicted molar refractivity (Wildman–Crippen MR) is 102 cm³/mol. The van der Waals surface area contributed by atoms with Gasteiger partial charge in [-0.1, -0.05) is 23.4 Å². The molecule has 0 bridgehead atoms. The van der Waals surface area contributed by atoms with Crippen LogP contribution < -0.4 is 0 Å². The summed E-state index contributed by atoms with van der Waals surface area (Å²) in [6, 6.07) is 7.74. The van der Waals surface area contributed by atoms with Crippen LogP contribution in [0.15, 0.2) is 33.8 Å². The van der Waals surface area contributed by atoms with Gasteiger partial charge in [0.15, 0.2) is 11.0 Å². The molecule has 0 amide bonds. The first-order valence-corrected chi connectivity index (χ1v) is 9.47. The molecule has 9 heteroatoms. The average Bonchev–Trinajstić information content (AvgIpc) is 3.21. The first-order chi connectivity index (χ1) is 12.4. The minimum Gasteiger partial charge on any atom is -0.424 e. The van der Waals surface area contributed by atoms with Crippen LogP contribution in [-0.4, -0.2) is 44.0 Å². The number of benzene rings is 1. The number of halogens is 1. The number of aromatic nitrogens is 5. The molecule has 2 atom stereocenters. The molecule has 138 valence electrons. The summed E-state index contributed by atoms with van der Waals surface area (Å²) < 4.78 is 7.59. The Balaban J connectivity index is 2.00. The van der Waals surface area contributed by atoms with E-state index in [1.165, 1.54) is 11.8 Å². The van der Waals surface area contributed by atoms with Gasteiger partial charge in [0.1, 0.15) is 0 Å². The maximum Gasteiger partial charge on any atom is 0.229 e. The molecule has 0 aliphatic heterocycles. The molecule has 2 aromatic heterocycles. The van der Waals surface area contributed by atoms with Crippen LogP contribution in [-0.2, 0) is 0 Å². The lowest BCUT2D eigenvalue weighted by Gasteiger charge is -2.20. The summed E-state index contributed by atoms with van der Waals surface area (Å²) in [5, 5.41) is 18.3. The molecule has 1 aromatic carbocycles. The molecule has 0 unspecified atom stereocenters. The molecule has 7 nitrogen and oxygen atoms in total. The minimum atomic E-state index is -0.0473. The van der Waals surface area contributed by atoms with Gasteiger partial charge in [-0.05, 0) is 52.2 Å². The summed E-state index contributed by atoms with van der Waals surface area (Å²) in [5.74, 6) is 1.97. The van der Waals surface area contributed by atoms with E-state index in [4.69, 9.17) is 16.0 Å². The van der Waals surface area contributed by atoms with Gasteiger partial charge in [-0.25, -0.2) is 0 Å². The third-order valence-electron chi connectivity index (χ3n) is 4.06. The van der Waals surface area contributed by atoms with Crippen LogP contribution >= 0.6 is 23.4 Å². The number of thioether (sulfide) groups is 1. The van der Waals surface area contributed by atoms with E-state index in [1.54, 1.807) is 6.92 Å². The lowest BCUT2D eigenvalue weighted by Crippen LogP contribution is -2.20. The van der Waals surface area contributed by atoms with Gasteiger partial charge in [0.05, 0.1) is 11.3 Å². The van der Waals surface area contributed by atoms with Gasteiger partial charge in [-0.15, -0.1) is 20.4 Å². The van der Waals surface area contributed by atoms with Crippen molar-refractivity contribution in [3.05, 3.63) is 46.9 Å². The molecule has 0 aliphatic rings. The predicted octanol–water partition coefficient (Wildman–Crippen LogP) is 4.09. The zero-order valence-electron chi connectivity index (χ0n) is 15.3. The Morgan fingerprint density at radius 3 is 2.35 bits per heavy atom. The maximum absolute atomic E-state index is 6.05. The molecule has 0 radical (unpaired) electrons. The smallest absolute Gasteiger partial charge is 0.229 e. The summed E-state index contributed by atoms with van der Waals surface area (Å²) in [6.07, 6.45) is 0. The van der Waals surface area contributed by atoms with E-state index in [2.05, 4.69) is 32.2 Å². The normalized spacial score (nSPS) is 14.0. The van der Waals surface area contributed by atoms with Gasteiger partial charge in [-0.2, -0.15) is 0 Å². The first kappa shape index (κ1) is 18.9. The van der Waals surface area contributed by atoms with Gasteiger partial charge < -0.3 is 4.42 Å². The lowest BCUT2D eigenvalue weighted by molar-refractivity contribution is 0.305. The van der Waals surface area contributed by atoms with E-state index < -0.39 is 0 Å². The first-order valence-electron chi connectivity index (χ1n) is 8.21. The Bertz CT molecular complexity index is 876. The number of aryl methyl sites for hydroxylation is 1. The van der Waals surface area contributed by atoms with Crippen LogP contribution in [0, 0.1) is 6.92 Å². The van der Waals surface area contributed by atoms with Crippen molar-refractivity contribution in [2.75, 3.05) is 14.1 Å². The minimum absolute atomic E-state index is 0.0473. The van der Waals surface area contributed by atoms with Gasteiger partial charge in [0, 0.05) is 17.6 Å². The lowest BCUT2D eigenvalue weighted by atomic mass is 10.2. The van der Waals surface area contributed by atoms with Crippen molar-refractivity contribution in [3.8, 4) is 5.69 Å². The van der Waals surface area contributed by atoms with Gasteiger partial charge >= 0.3 is 0 Å². The number of nitrogens with zero attached hydrogens (tertiary/aromatic N) is 6. The zero-order valence-corrected chi connectivity index (χ0v) is 16.9. The topological polar surface area (TPSA) is 72.9 Å². The fraction of sp³-hybridized carbons (Fsp3) is 0.412. The molecule has 2 heterocycles. The van der Waals surface area contributed by atoms with Crippen LogP contribution in [0.5, 0.6) is 0 Å². The Morgan fingerprint density at radius 1 is 1.08 bits per heavy atom. The average molecular weight is 393 g/mol. The molecular formula is C17H21ClN6OS. The van der Waals surface area contributed by atoms with Crippen molar-refractivity contribution in [1.82, 2.24) is 29.9 Å². The standard InChI is InChI=1S/C17H21ClN6OS/c1-10(23(4)5)15-20-22-17(24(15)14-8-6-13(18)7-9-14)26-11(2)16-21-19-12(3)25-16/h6-11H,1-5H3/t10-,11-/m0/s1. The molecule has 0 aliphatic carbocycles. The van der Waals surface area contributed by atoms with Gasteiger partial charge in [0.2, 0.25) is 11.8 Å². The van der Waals surface area contributed by atoms with Crippen molar-refractivity contribution in [1.29, 1.82) is 0 Å². The number of hydrogen-bond donors (Lipinski definition) is 0. The monoisotopic (exact) mass is 392 g/mol. The maximum atomic E-state index is 6.05. The molecule has 0 saturated heterocycles.